The number of benzene rings is 1. The Hall–Kier alpha value is -1.77. The summed E-state index contributed by atoms with van der Waals surface area (Å²) in [7, 11) is 2.06. The fourth-order valence-corrected chi connectivity index (χ4v) is 2.37. The van der Waals surface area contributed by atoms with Crippen molar-refractivity contribution in [2.45, 2.75) is 27.2 Å². The SMILES string of the molecule is Cc1c(C)n(C)c2ccc(CC(C)C(=O)O)cc12. The lowest BCUT2D eigenvalue weighted by Crippen LogP contribution is -2.12. The minimum atomic E-state index is -0.740. The normalized spacial score (nSPS) is 12.9. The van der Waals surface area contributed by atoms with E-state index in [4.69, 9.17) is 5.11 Å². The van der Waals surface area contributed by atoms with Gasteiger partial charge in [-0.15, -0.1) is 0 Å². The van der Waals surface area contributed by atoms with Crippen molar-refractivity contribution in [1.29, 1.82) is 0 Å². The van der Waals surface area contributed by atoms with E-state index in [1.165, 1.54) is 22.2 Å². The molecule has 0 saturated heterocycles. The van der Waals surface area contributed by atoms with Crippen LogP contribution in [-0.2, 0) is 18.3 Å². The molecule has 1 heterocycles. The van der Waals surface area contributed by atoms with Gasteiger partial charge in [0.15, 0.2) is 0 Å². The van der Waals surface area contributed by atoms with Gasteiger partial charge in [0, 0.05) is 23.6 Å². The van der Waals surface area contributed by atoms with E-state index >= 15 is 0 Å². The molecule has 1 aromatic heterocycles. The molecule has 0 aliphatic rings. The van der Waals surface area contributed by atoms with E-state index in [1.807, 2.05) is 6.07 Å². The van der Waals surface area contributed by atoms with Gasteiger partial charge in [0.1, 0.15) is 0 Å². The summed E-state index contributed by atoms with van der Waals surface area (Å²) >= 11 is 0. The van der Waals surface area contributed by atoms with Crippen LogP contribution < -0.4 is 0 Å². The van der Waals surface area contributed by atoms with Gasteiger partial charge >= 0.3 is 5.97 Å². The van der Waals surface area contributed by atoms with Crippen molar-refractivity contribution in [2.75, 3.05) is 0 Å². The van der Waals surface area contributed by atoms with E-state index in [9.17, 15) is 4.79 Å². The molecule has 18 heavy (non-hydrogen) atoms. The minimum absolute atomic E-state index is 0.340. The highest BCUT2D eigenvalue weighted by atomic mass is 16.4. The van der Waals surface area contributed by atoms with Crippen molar-refractivity contribution in [3.8, 4) is 0 Å². The zero-order valence-corrected chi connectivity index (χ0v) is 11.3. The number of nitrogens with zero attached hydrogens (tertiary/aromatic N) is 1. The van der Waals surface area contributed by atoms with Gasteiger partial charge in [-0.3, -0.25) is 4.79 Å². The van der Waals surface area contributed by atoms with Crippen LogP contribution in [0.5, 0.6) is 0 Å². The molecule has 1 unspecified atom stereocenters. The van der Waals surface area contributed by atoms with Crippen LogP contribution in [0.15, 0.2) is 18.2 Å². The van der Waals surface area contributed by atoms with Crippen molar-refractivity contribution < 1.29 is 9.90 Å². The average molecular weight is 245 g/mol. The highest BCUT2D eigenvalue weighted by Gasteiger charge is 2.13. The van der Waals surface area contributed by atoms with Gasteiger partial charge in [-0.05, 0) is 43.5 Å². The first-order valence-electron chi connectivity index (χ1n) is 6.19. The van der Waals surface area contributed by atoms with E-state index in [0.717, 1.165) is 5.56 Å². The largest absolute Gasteiger partial charge is 0.481 e. The van der Waals surface area contributed by atoms with E-state index in [0.29, 0.717) is 6.42 Å². The second kappa shape index (κ2) is 4.48. The first-order chi connectivity index (χ1) is 8.41. The maximum atomic E-state index is 10.9. The third-order valence-electron chi connectivity index (χ3n) is 3.84. The van der Waals surface area contributed by atoms with Crippen LogP contribution in [-0.4, -0.2) is 15.6 Å². The van der Waals surface area contributed by atoms with Crippen LogP contribution in [0, 0.1) is 19.8 Å². The summed E-state index contributed by atoms with van der Waals surface area (Å²) in [4.78, 5) is 10.9. The van der Waals surface area contributed by atoms with Crippen LogP contribution in [0.4, 0.5) is 0 Å². The predicted molar refractivity (Wildman–Crippen MR) is 72.9 cm³/mol. The molecule has 3 heteroatoms. The summed E-state index contributed by atoms with van der Waals surface area (Å²) in [5.41, 5.74) is 4.83. The third-order valence-corrected chi connectivity index (χ3v) is 3.84. The Labute approximate surface area is 107 Å². The quantitative estimate of drug-likeness (QED) is 0.903. The van der Waals surface area contributed by atoms with Crippen LogP contribution in [0.3, 0.4) is 0 Å². The Kier molecular flexibility index (Phi) is 3.16. The summed E-state index contributed by atoms with van der Waals surface area (Å²) in [5, 5.41) is 10.2. The molecule has 2 rings (SSSR count). The number of carboxylic acids is 1. The molecule has 0 bridgehead atoms. The number of rotatable bonds is 3. The topological polar surface area (TPSA) is 42.2 Å². The monoisotopic (exact) mass is 245 g/mol. The van der Waals surface area contributed by atoms with Gasteiger partial charge in [-0.2, -0.15) is 0 Å². The summed E-state index contributed by atoms with van der Waals surface area (Å²) in [6.07, 6.45) is 0.582. The zero-order valence-electron chi connectivity index (χ0n) is 11.3. The first-order valence-corrected chi connectivity index (χ1v) is 6.19. The highest BCUT2D eigenvalue weighted by molar-refractivity contribution is 5.86. The molecule has 0 fully saturated rings. The molecule has 1 N–H and O–H groups in total. The number of hydrogen-bond acceptors (Lipinski definition) is 1. The van der Waals surface area contributed by atoms with E-state index in [2.05, 4.69) is 37.6 Å². The molecule has 1 aromatic carbocycles. The number of hydrogen-bond donors (Lipinski definition) is 1. The maximum absolute atomic E-state index is 10.9. The molecule has 0 spiro atoms. The molecule has 0 aliphatic carbocycles. The maximum Gasteiger partial charge on any atom is 0.306 e. The van der Waals surface area contributed by atoms with Crippen LogP contribution >= 0.6 is 0 Å². The van der Waals surface area contributed by atoms with Gasteiger partial charge in [0.25, 0.3) is 0 Å². The number of carboxylic acid groups (broad SMARTS) is 1. The van der Waals surface area contributed by atoms with Gasteiger partial charge in [-0.1, -0.05) is 13.0 Å². The van der Waals surface area contributed by atoms with Crippen LogP contribution in [0.1, 0.15) is 23.7 Å². The molecule has 2 aromatic rings. The number of fused-ring (bicyclic) bond motifs is 1. The molecular weight excluding hydrogens is 226 g/mol. The molecule has 0 amide bonds. The van der Waals surface area contributed by atoms with E-state index in [1.54, 1.807) is 6.92 Å². The Morgan fingerprint density at radius 2 is 2.06 bits per heavy atom. The fraction of sp³-hybridized carbons (Fsp3) is 0.400. The van der Waals surface area contributed by atoms with Crippen molar-refractivity contribution in [3.05, 3.63) is 35.0 Å². The van der Waals surface area contributed by atoms with Crippen LogP contribution in [0.2, 0.25) is 0 Å². The second-order valence-electron chi connectivity index (χ2n) is 5.06. The highest BCUT2D eigenvalue weighted by Crippen LogP contribution is 2.25. The Morgan fingerprint density at radius 3 is 2.67 bits per heavy atom. The lowest BCUT2D eigenvalue weighted by molar-refractivity contribution is -0.141. The molecule has 0 saturated carbocycles. The fourth-order valence-electron chi connectivity index (χ4n) is 2.37. The lowest BCUT2D eigenvalue weighted by Gasteiger charge is -2.06. The molecule has 3 nitrogen and oxygen atoms in total. The number of aromatic nitrogens is 1. The summed E-state index contributed by atoms with van der Waals surface area (Å²) in [6.45, 7) is 5.96. The van der Waals surface area contributed by atoms with Gasteiger partial charge in [0.05, 0.1) is 5.92 Å². The summed E-state index contributed by atoms with van der Waals surface area (Å²) in [5.74, 6) is -1.08. The zero-order chi connectivity index (χ0) is 13.4. The lowest BCUT2D eigenvalue weighted by atomic mass is 9.99. The standard InChI is InChI=1S/C15H19NO2/c1-9(15(17)18)7-12-5-6-14-13(8-12)10(2)11(3)16(14)4/h5-6,8-9H,7H2,1-4H3,(H,17,18). The van der Waals surface area contributed by atoms with E-state index in [-0.39, 0.29) is 5.92 Å². The van der Waals surface area contributed by atoms with Crippen molar-refractivity contribution >= 4 is 16.9 Å². The number of aliphatic carboxylic acids is 1. The van der Waals surface area contributed by atoms with Crippen molar-refractivity contribution in [3.63, 3.8) is 0 Å². The molecule has 1 atom stereocenters. The number of carbonyl (C=O) groups is 1. The average Bonchev–Trinajstić information content (AvgIpc) is 2.54. The van der Waals surface area contributed by atoms with Crippen molar-refractivity contribution in [1.82, 2.24) is 4.57 Å². The third kappa shape index (κ3) is 2.01. The first kappa shape index (κ1) is 12.7. The Bertz CT molecular complexity index is 610. The van der Waals surface area contributed by atoms with Gasteiger partial charge in [-0.25, -0.2) is 0 Å². The minimum Gasteiger partial charge on any atom is -0.481 e. The van der Waals surface area contributed by atoms with Crippen molar-refractivity contribution in [2.24, 2.45) is 13.0 Å². The molecule has 0 radical (unpaired) electrons. The Morgan fingerprint density at radius 1 is 1.39 bits per heavy atom. The van der Waals surface area contributed by atoms with Gasteiger partial charge in [0.2, 0.25) is 0 Å². The number of aryl methyl sites for hydroxylation is 2. The molecule has 96 valence electrons. The molecule has 0 aliphatic heterocycles. The second-order valence-corrected chi connectivity index (χ2v) is 5.06. The van der Waals surface area contributed by atoms with E-state index < -0.39 is 5.97 Å². The van der Waals surface area contributed by atoms with Gasteiger partial charge < -0.3 is 9.67 Å². The smallest absolute Gasteiger partial charge is 0.306 e. The summed E-state index contributed by atoms with van der Waals surface area (Å²) in [6, 6.07) is 6.23. The summed E-state index contributed by atoms with van der Waals surface area (Å²) < 4.78 is 2.18. The molecular formula is C15H19NO2. The van der Waals surface area contributed by atoms with Crippen LogP contribution in [0.25, 0.3) is 10.9 Å². The Balaban J connectivity index is 2.45. The predicted octanol–water partition coefficient (Wildman–Crippen LogP) is 3.06.